The van der Waals surface area contributed by atoms with Crippen LogP contribution in [0.1, 0.15) is 32.3 Å². The zero-order chi connectivity index (χ0) is 22.3. The van der Waals surface area contributed by atoms with Crippen LogP contribution < -0.4 is 21.9 Å². The number of nitrogens with two attached hydrogens (primary N) is 1. The lowest BCUT2D eigenvalue weighted by molar-refractivity contribution is 0.495. The van der Waals surface area contributed by atoms with E-state index in [1.807, 2.05) is 49.6 Å². The predicted octanol–water partition coefficient (Wildman–Crippen LogP) is 2.09. The molecule has 1 atom stereocenters. The third kappa shape index (κ3) is 3.83. The quantitative estimate of drug-likeness (QED) is 0.650. The van der Waals surface area contributed by atoms with Crippen molar-refractivity contribution in [2.45, 2.75) is 46.2 Å². The van der Waals surface area contributed by atoms with Crippen LogP contribution in [-0.2, 0) is 13.6 Å². The highest BCUT2D eigenvalue weighted by Crippen LogP contribution is 2.24. The van der Waals surface area contributed by atoms with Gasteiger partial charge in [0.05, 0.1) is 5.69 Å². The number of piperidine rings is 1. The van der Waals surface area contributed by atoms with Crippen molar-refractivity contribution >= 4 is 17.1 Å². The molecule has 0 spiro atoms. The lowest BCUT2D eigenvalue weighted by atomic mass is 10.1. The van der Waals surface area contributed by atoms with Crippen molar-refractivity contribution in [2.75, 3.05) is 18.0 Å². The maximum absolute atomic E-state index is 13.2. The first-order valence-electron chi connectivity index (χ1n) is 10.7. The van der Waals surface area contributed by atoms with Gasteiger partial charge in [0, 0.05) is 32.7 Å². The predicted molar refractivity (Wildman–Crippen MR) is 124 cm³/mol. The average molecular weight is 423 g/mol. The second kappa shape index (κ2) is 8.19. The smallest absolute Gasteiger partial charge is 0.337 e. The van der Waals surface area contributed by atoms with Gasteiger partial charge in [0.15, 0.2) is 11.2 Å². The first-order chi connectivity index (χ1) is 14.8. The molecule has 164 valence electrons. The van der Waals surface area contributed by atoms with Crippen LogP contribution in [0.15, 0.2) is 45.5 Å². The Morgan fingerprint density at radius 1 is 1.23 bits per heavy atom. The first-order valence-corrected chi connectivity index (χ1v) is 10.7. The Balaban J connectivity index is 2.05. The fraction of sp³-hybridized carbons (Fsp3) is 0.435. The highest BCUT2D eigenvalue weighted by Gasteiger charge is 2.26. The van der Waals surface area contributed by atoms with E-state index in [2.05, 4.69) is 11.0 Å². The molecule has 1 fully saturated rings. The van der Waals surface area contributed by atoms with Crippen molar-refractivity contribution in [3.8, 4) is 5.69 Å². The molecule has 0 bridgehead atoms. The third-order valence-corrected chi connectivity index (χ3v) is 5.84. The Morgan fingerprint density at radius 3 is 2.58 bits per heavy atom. The lowest BCUT2D eigenvalue weighted by Crippen LogP contribution is -2.44. The van der Waals surface area contributed by atoms with Gasteiger partial charge in [0.1, 0.15) is 0 Å². The average Bonchev–Trinajstić information content (AvgIpc) is 3.11. The zero-order valence-electron chi connectivity index (χ0n) is 18.6. The molecule has 0 radical (unpaired) electrons. The maximum Gasteiger partial charge on any atom is 0.337 e. The van der Waals surface area contributed by atoms with Gasteiger partial charge in [0.2, 0.25) is 5.95 Å². The van der Waals surface area contributed by atoms with Crippen LogP contribution in [0.3, 0.4) is 0 Å². The van der Waals surface area contributed by atoms with Crippen LogP contribution >= 0.6 is 0 Å². The fourth-order valence-electron chi connectivity index (χ4n) is 4.09. The number of aryl methyl sites for hydroxylation is 1. The van der Waals surface area contributed by atoms with E-state index in [4.69, 9.17) is 10.7 Å². The SMILES string of the molecule is CC(C)=CCn1c(N2CCCC(N)C2)nc2c1c(=O)n(C)c(=O)n2-c1ccc(C)cc1. The van der Waals surface area contributed by atoms with Crippen molar-refractivity contribution < 1.29 is 0 Å². The number of anilines is 1. The van der Waals surface area contributed by atoms with Crippen LogP contribution in [0.4, 0.5) is 5.95 Å². The molecule has 4 rings (SSSR count). The summed E-state index contributed by atoms with van der Waals surface area (Å²) in [6, 6.07) is 7.72. The number of rotatable bonds is 4. The van der Waals surface area contributed by atoms with Gasteiger partial charge in [-0.15, -0.1) is 0 Å². The van der Waals surface area contributed by atoms with Crippen LogP contribution in [0.25, 0.3) is 16.9 Å². The van der Waals surface area contributed by atoms with Gasteiger partial charge in [-0.3, -0.25) is 9.36 Å². The van der Waals surface area contributed by atoms with Crippen LogP contribution in [0.2, 0.25) is 0 Å². The molecule has 1 aromatic carbocycles. The summed E-state index contributed by atoms with van der Waals surface area (Å²) in [6.07, 6.45) is 4.01. The highest BCUT2D eigenvalue weighted by molar-refractivity contribution is 5.76. The van der Waals surface area contributed by atoms with Gasteiger partial charge in [-0.1, -0.05) is 29.3 Å². The summed E-state index contributed by atoms with van der Waals surface area (Å²) < 4.78 is 4.62. The Kier molecular flexibility index (Phi) is 5.58. The normalized spacial score (nSPS) is 16.7. The maximum atomic E-state index is 13.2. The Labute approximate surface area is 181 Å². The van der Waals surface area contributed by atoms with Gasteiger partial charge in [-0.2, -0.15) is 4.98 Å². The summed E-state index contributed by atoms with van der Waals surface area (Å²) in [7, 11) is 1.52. The number of hydrogen-bond acceptors (Lipinski definition) is 5. The highest BCUT2D eigenvalue weighted by atomic mass is 16.2. The van der Waals surface area contributed by atoms with E-state index in [0.717, 1.165) is 35.1 Å². The Bertz CT molecular complexity index is 1260. The standard InChI is InChI=1S/C23H30N6O2/c1-15(2)11-13-28-19-20(25-22(28)27-12-5-6-17(24)14-27)29(23(31)26(4)21(19)30)18-9-7-16(3)8-10-18/h7-11,17H,5-6,12-14,24H2,1-4H3. The molecule has 1 aliphatic rings. The van der Waals surface area contributed by atoms with E-state index in [1.165, 1.54) is 11.6 Å². The first kappa shape index (κ1) is 21.1. The molecule has 1 saturated heterocycles. The van der Waals surface area contributed by atoms with Crippen molar-refractivity contribution in [1.29, 1.82) is 0 Å². The monoisotopic (exact) mass is 422 g/mol. The number of hydrogen-bond donors (Lipinski definition) is 1. The number of fused-ring (bicyclic) bond motifs is 1. The second-order valence-electron chi connectivity index (χ2n) is 8.64. The molecule has 3 aromatic rings. The van der Waals surface area contributed by atoms with E-state index in [9.17, 15) is 9.59 Å². The number of aromatic nitrogens is 4. The molecular weight excluding hydrogens is 392 g/mol. The van der Waals surface area contributed by atoms with Gasteiger partial charge in [0.25, 0.3) is 5.56 Å². The number of benzene rings is 1. The molecule has 2 aromatic heterocycles. The van der Waals surface area contributed by atoms with E-state index >= 15 is 0 Å². The summed E-state index contributed by atoms with van der Waals surface area (Å²) in [5.41, 5.74) is 9.21. The van der Waals surface area contributed by atoms with Gasteiger partial charge >= 0.3 is 5.69 Å². The van der Waals surface area contributed by atoms with Crippen LogP contribution in [0, 0.1) is 6.92 Å². The van der Waals surface area contributed by atoms with Gasteiger partial charge in [-0.05, 0) is 45.7 Å². The summed E-state index contributed by atoms with van der Waals surface area (Å²) in [5, 5.41) is 0. The summed E-state index contributed by atoms with van der Waals surface area (Å²) in [4.78, 5) is 33.4. The van der Waals surface area contributed by atoms with Crippen molar-refractivity contribution in [1.82, 2.24) is 18.7 Å². The van der Waals surface area contributed by atoms with E-state index in [1.54, 1.807) is 0 Å². The summed E-state index contributed by atoms with van der Waals surface area (Å²) in [5.74, 6) is 0.686. The van der Waals surface area contributed by atoms with Gasteiger partial charge in [-0.25, -0.2) is 9.36 Å². The molecule has 8 heteroatoms. The summed E-state index contributed by atoms with van der Waals surface area (Å²) >= 11 is 0. The van der Waals surface area contributed by atoms with Crippen molar-refractivity contribution in [3.05, 3.63) is 62.3 Å². The minimum absolute atomic E-state index is 0.0626. The van der Waals surface area contributed by atoms with Crippen molar-refractivity contribution in [3.63, 3.8) is 0 Å². The topological polar surface area (TPSA) is 91.1 Å². The van der Waals surface area contributed by atoms with E-state index in [0.29, 0.717) is 35.9 Å². The molecule has 2 N–H and O–H groups in total. The molecule has 1 unspecified atom stereocenters. The Morgan fingerprint density at radius 2 is 1.94 bits per heavy atom. The van der Waals surface area contributed by atoms with Crippen molar-refractivity contribution in [2.24, 2.45) is 12.8 Å². The lowest BCUT2D eigenvalue weighted by Gasteiger charge is -2.31. The number of imidazole rings is 1. The molecule has 8 nitrogen and oxygen atoms in total. The van der Waals surface area contributed by atoms with E-state index in [-0.39, 0.29) is 11.6 Å². The Hall–Kier alpha value is -3.13. The minimum atomic E-state index is -0.407. The summed E-state index contributed by atoms with van der Waals surface area (Å²) in [6.45, 7) is 8.04. The number of allylic oxidation sites excluding steroid dienone is 2. The van der Waals surface area contributed by atoms with Crippen LogP contribution in [-0.4, -0.2) is 37.8 Å². The van der Waals surface area contributed by atoms with E-state index < -0.39 is 5.69 Å². The largest absolute Gasteiger partial charge is 0.341 e. The number of nitrogens with zero attached hydrogens (tertiary/aromatic N) is 5. The molecule has 0 saturated carbocycles. The second-order valence-corrected chi connectivity index (χ2v) is 8.64. The van der Waals surface area contributed by atoms with Gasteiger partial charge < -0.3 is 15.2 Å². The molecular formula is C23H30N6O2. The van der Waals surface area contributed by atoms with Crippen LogP contribution in [0.5, 0.6) is 0 Å². The zero-order valence-corrected chi connectivity index (χ0v) is 18.6. The molecule has 0 amide bonds. The molecule has 31 heavy (non-hydrogen) atoms. The molecule has 0 aliphatic carbocycles. The fourth-order valence-corrected chi connectivity index (χ4v) is 4.09. The molecule has 3 heterocycles. The third-order valence-electron chi connectivity index (χ3n) is 5.84. The minimum Gasteiger partial charge on any atom is -0.341 e. The molecule has 1 aliphatic heterocycles.